The van der Waals surface area contributed by atoms with Crippen molar-refractivity contribution >= 4 is 21.4 Å². The summed E-state index contributed by atoms with van der Waals surface area (Å²) in [6, 6.07) is 7.46. The lowest BCUT2D eigenvalue weighted by molar-refractivity contribution is 0.0532. The molecule has 1 aromatic carbocycles. The van der Waals surface area contributed by atoms with Gasteiger partial charge in [-0.15, -0.1) is 0 Å². The van der Waals surface area contributed by atoms with Gasteiger partial charge in [0.05, 0.1) is 18.5 Å². The van der Waals surface area contributed by atoms with Crippen molar-refractivity contribution in [3.8, 4) is 0 Å². The van der Waals surface area contributed by atoms with Crippen LogP contribution in [0.4, 0.5) is 11.4 Å². The summed E-state index contributed by atoms with van der Waals surface area (Å²) in [7, 11) is -3.20. The highest BCUT2D eigenvalue weighted by Gasteiger charge is 2.17. The minimum atomic E-state index is -3.20. The molecule has 19 heavy (non-hydrogen) atoms. The molecule has 1 aliphatic rings. The van der Waals surface area contributed by atoms with E-state index in [0.717, 1.165) is 25.4 Å². The molecule has 0 radical (unpaired) electrons. The van der Waals surface area contributed by atoms with E-state index in [2.05, 4.69) is 16.5 Å². The number of anilines is 2. The van der Waals surface area contributed by atoms with Crippen molar-refractivity contribution in [2.45, 2.75) is 20.0 Å². The van der Waals surface area contributed by atoms with Crippen LogP contribution in [0.15, 0.2) is 24.3 Å². The van der Waals surface area contributed by atoms with E-state index >= 15 is 0 Å². The molecular formula is C13H20N2O3S. The molecule has 0 spiro atoms. The fraction of sp³-hybridized carbons (Fsp3) is 0.538. The fourth-order valence-electron chi connectivity index (χ4n) is 2.04. The minimum Gasteiger partial charge on any atom is -0.375 e. The average Bonchev–Trinajstić information content (AvgIpc) is 2.39. The van der Waals surface area contributed by atoms with Gasteiger partial charge >= 0.3 is 0 Å². The molecule has 106 valence electrons. The average molecular weight is 284 g/mol. The Morgan fingerprint density at radius 1 is 1.37 bits per heavy atom. The number of hydrogen-bond donors (Lipinski definition) is 1. The molecule has 0 aromatic heterocycles. The van der Waals surface area contributed by atoms with E-state index in [-0.39, 0.29) is 11.9 Å². The zero-order valence-corrected chi connectivity index (χ0v) is 12.1. The molecular weight excluding hydrogens is 264 g/mol. The summed E-state index contributed by atoms with van der Waals surface area (Å²) >= 11 is 0. The summed E-state index contributed by atoms with van der Waals surface area (Å²) < 4.78 is 31.0. The van der Waals surface area contributed by atoms with Gasteiger partial charge in [0.15, 0.2) is 0 Å². The van der Waals surface area contributed by atoms with Crippen LogP contribution in [0.3, 0.4) is 0 Å². The Balaban J connectivity index is 2.06. The van der Waals surface area contributed by atoms with E-state index < -0.39 is 10.0 Å². The molecule has 0 amide bonds. The van der Waals surface area contributed by atoms with Crippen LogP contribution in [-0.2, 0) is 14.8 Å². The third-order valence-electron chi connectivity index (χ3n) is 3.13. The third-order valence-corrected chi connectivity index (χ3v) is 4.43. The van der Waals surface area contributed by atoms with Gasteiger partial charge in [-0.1, -0.05) is 0 Å². The number of morpholine rings is 1. The Kier molecular flexibility index (Phi) is 4.31. The maximum atomic E-state index is 11.5. The number of rotatable bonds is 4. The summed E-state index contributed by atoms with van der Waals surface area (Å²) in [5, 5.41) is 0. The van der Waals surface area contributed by atoms with E-state index in [1.165, 1.54) is 0 Å². The predicted molar refractivity (Wildman–Crippen MR) is 77.2 cm³/mol. The molecule has 6 heteroatoms. The van der Waals surface area contributed by atoms with Crippen LogP contribution in [0.1, 0.15) is 13.8 Å². The van der Waals surface area contributed by atoms with Crippen molar-refractivity contribution in [2.24, 2.45) is 0 Å². The molecule has 1 atom stereocenters. The molecule has 1 aromatic rings. The number of sulfonamides is 1. The van der Waals surface area contributed by atoms with E-state index in [0.29, 0.717) is 5.69 Å². The lowest BCUT2D eigenvalue weighted by Gasteiger charge is -2.33. The number of nitrogens with zero attached hydrogens (tertiary/aromatic N) is 1. The van der Waals surface area contributed by atoms with Crippen LogP contribution in [0.5, 0.6) is 0 Å². The van der Waals surface area contributed by atoms with Crippen LogP contribution >= 0.6 is 0 Å². The van der Waals surface area contributed by atoms with Gasteiger partial charge in [0, 0.05) is 24.5 Å². The maximum absolute atomic E-state index is 11.5. The molecule has 0 saturated carbocycles. The Morgan fingerprint density at radius 2 is 2.05 bits per heavy atom. The summed E-state index contributed by atoms with van der Waals surface area (Å²) in [5.74, 6) is 0.0791. The molecule has 1 fully saturated rings. The highest BCUT2D eigenvalue weighted by molar-refractivity contribution is 7.92. The van der Waals surface area contributed by atoms with Crippen LogP contribution in [-0.4, -0.2) is 40.0 Å². The molecule has 1 saturated heterocycles. The number of nitrogens with one attached hydrogen (secondary N) is 1. The van der Waals surface area contributed by atoms with Crippen molar-refractivity contribution in [1.82, 2.24) is 0 Å². The second-order valence-electron chi connectivity index (χ2n) is 4.68. The molecule has 1 aliphatic heterocycles. The molecule has 1 heterocycles. The van der Waals surface area contributed by atoms with E-state index in [1.54, 1.807) is 19.1 Å². The Labute approximate surface area is 114 Å². The van der Waals surface area contributed by atoms with Crippen LogP contribution in [0.2, 0.25) is 0 Å². The van der Waals surface area contributed by atoms with Crippen LogP contribution < -0.4 is 9.62 Å². The van der Waals surface area contributed by atoms with Gasteiger partial charge < -0.3 is 9.64 Å². The molecule has 5 nitrogen and oxygen atoms in total. The summed E-state index contributed by atoms with van der Waals surface area (Å²) in [5.41, 5.74) is 1.70. The van der Waals surface area contributed by atoms with Gasteiger partial charge in [0.2, 0.25) is 10.0 Å². The number of hydrogen-bond acceptors (Lipinski definition) is 4. The summed E-state index contributed by atoms with van der Waals surface area (Å²) in [4.78, 5) is 2.24. The van der Waals surface area contributed by atoms with Crippen molar-refractivity contribution in [1.29, 1.82) is 0 Å². The maximum Gasteiger partial charge on any atom is 0.232 e. The predicted octanol–water partition coefficient (Wildman–Crippen LogP) is 1.67. The van der Waals surface area contributed by atoms with E-state index in [4.69, 9.17) is 4.74 Å². The zero-order valence-electron chi connectivity index (χ0n) is 11.3. The van der Waals surface area contributed by atoms with Gasteiger partial charge in [-0.25, -0.2) is 8.42 Å². The van der Waals surface area contributed by atoms with E-state index in [1.807, 2.05) is 12.1 Å². The normalized spacial score (nSPS) is 20.3. The van der Waals surface area contributed by atoms with Crippen molar-refractivity contribution in [3.63, 3.8) is 0 Å². The van der Waals surface area contributed by atoms with Crippen molar-refractivity contribution in [3.05, 3.63) is 24.3 Å². The van der Waals surface area contributed by atoms with Crippen LogP contribution in [0.25, 0.3) is 0 Å². The Bertz CT molecular complexity index is 513. The second kappa shape index (κ2) is 5.79. The van der Waals surface area contributed by atoms with Crippen molar-refractivity contribution in [2.75, 3.05) is 35.1 Å². The number of benzene rings is 1. The van der Waals surface area contributed by atoms with Gasteiger partial charge in [-0.3, -0.25) is 4.72 Å². The summed E-state index contributed by atoms with van der Waals surface area (Å²) in [6.45, 7) is 6.12. The highest BCUT2D eigenvalue weighted by atomic mass is 32.2. The topological polar surface area (TPSA) is 58.6 Å². The molecule has 0 bridgehead atoms. The quantitative estimate of drug-likeness (QED) is 0.914. The monoisotopic (exact) mass is 284 g/mol. The fourth-order valence-corrected chi connectivity index (χ4v) is 2.68. The Hall–Kier alpha value is -1.27. The minimum absolute atomic E-state index is 0.0791. The first-order chi connectivity index (χ1) is 9.00. The van der Waals surface area contributed by atoms with Crippen LogP contribution in [0, 0.1) is 0 Å². The lowest BCUT2D eigenvalue weighted by Crippen LogP contribution is -2.41. The first-order valence-electron chi connectivity index (χ1n) is 6.47. The lowest BCUT2D eigenvalue weighted by atomic mass is 10.2. The first-order valence-corrected chi connectivity index (χ1v) is 8.12. The SMILES string of the molecule is CCS(=O)(=O)Nc1ccc(N2CCO[C@@H](C)C2)cc1. The molecule has 0 unspecified atom stereocenters. The molecule has 0 aliphatic carbocycles. The third kappa shape index (κ3) is 3.84. The molecule has 1 N–H and O–H groups in total. The second-order valence-corrected chi connectivity index (χ2v) is 6.69. The molecule has 2 rings (SSSR count). The number of ether oxygens (including phenoxy) is 1. The Morgan fingerprint density at radius 3 is 2.63 bits per heavy atom. The first kappa shape index (κ1) is 14.1. The zero-order chi connectivity index (χ0) is 13.9. The standard InChI is InChI=1S/C13H20N2O3S/c1-3-19(16,17)14-12-4-6-13(7-5-12)15-8-9-18-11(2)10-15/h4-7,11,14H,3,8-10H2,1-2H3/t11-/m0/s1. The summed E-state index contributed by atoms with van der Waals surface area (Å²) in [6.07, 6.45) is 0.229. The van der Waals surface area contributed by atoms with Gasteiger partial charge in [-0.2, -0.15) is 0 Å². The van der Waals surface area contributed by atoms with Gasteiger partial charge in [0.25, 0.3) is 0 Å². The highest BCUT2D eigenvalue weighted by Crippen LogP contribution is 2.20. The van der Waals surface area contributed by atoms with Gasteiger partial charge in [0.1, 0.15) is 0 Å². The largest absolute Gasteiger partial charge is 0.375 e. The van der Waals surface area contributed by atoms with Gasteiger partial charge in [-0.05, 0) is 38.1 Å². The smallest absolute Gasteiger partial charge is 0.232 e. The van der Waals surface area contributed by atoms with E-state index in [9.17, 15) is 8.42 Å². The van der Waals surface area contributed by atoms with Crippen molar-refractivity contribution < 1.29 is 13.2 Å².